The molecular formula is C16H8Cl3N3O6S. The van der Waals surface area contributed by atoms with E-state index in [1.807, 2.05) is 0 Å². The number of sulfonamides is 1. The smallest absolute Gasteiger partial charge is 0.272 e. The summed E-state index contributed by atoms with van der Waals surface area (Å²) in [5.41, 5.74) is -1.78. The summed E-state index contributed by atoms with van der Waals surface area (Å²) in [6.07, 6.45) is 0. The molecule has 0 atom stereocenters. The quantitative estimate of drug-likeness (QED) is 0.297. The summed E-state index contributed by atoms with van der Waals surface area (Å²) < 4.78 is 27.8. The minimum absolute atomic E-state index is 0.0148. The number of nitrogens with zero attached hydrogens (tertiary/aromatic N) is 2. The molecule has 3 aromatic carbocycles. The Morgan fingerprint density at radius 3 is 1.93 bits per heavy atom. The molecule has 0 aliphatic rings. The fourth-order valence-electron chi connectivity index (χ4n) is 2.64. The molecule has 0 saturated carbocycles. The largest absolute Gasteiger partial charge is 0.300 e. The van der Waals surface area contributed by atoms with E-state index in [1.165, 1.54) is 24.3 Å². The van der Waals surface area contributed by atoms with E-state index in [0.717, 1.165) is 12.1 Å². The summed E-state index contributed by atoms with van der Waals surface area (Å²) in [5, 5.41) is 22.5. The predicted octanol–water partition coefficient (Wildman–Crippen LogP) is 5.42. The van der Waals surface area contributed by atoms with Crippen molar-refractivity contribution in [3.8, 4) is 0 Å². The highest BCUT2D eigenvalue weighted by Gasteiger charge is 2.29. The van der Waals surface area contributed by atoms with Crippen molar-refractivity contribution in [2.75, 3.05) is 4.72 Å². The topological polar surface area (TPSA) is 132 Å². The first-order valence-electron chi connectivity index (χ1n) is 7.55. The summed E-state index contributed by atoms with van der Waals surface area (Å²) >= 11 is 17.6. The first kappa shape index (κ1) is 21.1. The van der Waals surface area contributed by atoms with E-state index in [2.05, 4.69) is 4.72 Å². The first-order valence-corrected chi connectivity index (χ1v) is 10.2. The van der Waals surface area contributed by atoms with Crippen LogP contribution in [0.4, 0.5) is 17.1 Å². The number of hydrogen-bond donors (Lipinski definition) is 1. The maximum Gasteiger partial charge on any atom is 0.300 e. The minimum atomic E-state index is -4.46. The number of halogens is 3. The van der Waals surface area contributed by atoms with Gasteiger partial charge in [0.2, 0.25) is 0 Å². The Bertz CT molecular complexity index is 1300. The van der Waals surface area contributed by atoms with Gasteiger partial charge in [-0.05, 0) is 18.2 Å². The van der Waals surface area contributed by atoms with Crippen LogP contribution in [0.2, 0.25) is 15.1 Å². The zero-order valence-corrected chi connectivity index (χ0v) is 17.0. The number of anilines is 1. The van der Waals surface area contributed by atoms with Gasteiger partial charge in [0.25, 0.3) is 15.7 Å². The van der Waals surface area contributed by atoms with E-state index < -0.39 is 41.8 Å². The number of hydrogen-bond acceptors (Lipinski definition) is 6. The second-order valence-corrected chi connectivity index (χ2v) is 8.52. The molecule has 0 aliphatic heterocycles. The van der Waals surface area contributed by atoms with E-state index >= 15 is 0 Å². The lowest BCUT2D eigenvalue weighted by atomic mass is 10.1. The fourth-order valence-corrected chi connectivity index (χ4v) is 4.74. The molecule has 0 unspecified atom stereocenters. The van der Waals surface area contributed by atoms with Gasteiger partial charge in [-0.3, -0.25) is 25.0 Å². The molecule has 0 heterocycles. The van der Waals surface area contributed by atoms with Crippen LogP contribution in [0.25, 0.3) is 10.8 Å². The molecule has 29 heavy (non-hydrogen) atoms. The van der Waals surface area contributed by atoms with Crippen molar-refractivity contribution in [1.82, 2.24) is 0 Å². The number of nitrogens with one attached hydrogen (secondary N) is 1. The third kappa shape index (κ3) is 3.92. The SMILES string of the molecule is O=[N+]([O-])c1cc([N+](=O)[O-])c2ccccc2c1NS(=O)(=O)c1cc(Cl)c(Cl)cc1Cl. The van der Waals surface area contributed by atoms with E-state index in [4.69, 9.17) is 34.8 Å². The van der Waals surface area contributed by atoms with Crippen molar-refractivity contribution in [2.24, 2.45) is 0 Å². The van der Waals surface area contributed by atoms with Gasteiger partial charge in [0.1, 0.15) is 10.6 Å². The summed E-state index contributed by atoms with van der Waals surface area (Å²) in [6.45, 7) is 0. The van der Waals surface area contributed by atoms with E-state index in [-0.39, 0.29) is 25.8 Å². The van der Waals surface area contributed by atoms with Gasteiger partial charge in [0.05, 0.1) is 36.4 Å². The van der Waals surface area contributed by atoms with Crippen LogP contribution >= 0.6 is 34.8 Å². The van der Waals surface area contributed by atoms with Crippen molar-refractivity contribution in [3.63, 3.8) is 0 Å². The van der Waals surface area contributed by atoms with Crippen molar-refractivity contribution in [2.45, 2.75) is 4.90 Å². The second kappa shape index (κ2) is 7.64. The van der Waals surface area contributed by atoms with Crippen molar-refractivity contribution in [3.05, 3.63) is 77.8 Å². The second-order valence-electron chi connectivity index (χ2n) is 5.65. The van der Waals surface area contributed by atoms with Gasteiger partial charge in [-0.25, -0.2) is 8.42 Å². The van der Waals surface area contributed by atoms with Gasteiger partial charge in [-0.2, -0.15) is 0 Å². The molecule has 13 heteroatoms. The number of nitro benzene ring substituents is 2. The van der Waals surface area contributed by atoms with Gasteiger partial charge in [0.15, 0.2) is 0 Å². The number of nitro groups is 2. The molecule has 3 rings (SSSR count). The van der Waals surface area contributed by atoms with Crippen LogP contribution in [0, 0.1) is 20.2 Å². The van der Waals surface area contributed by atoms with Gasteiger partial charge in [-0.1, -0.05) is 53.0 Å². The normalized spacial score (nSPS) is 11.4. The van der Waals surface area contributed by atoms with Crippen LogP contribution in [-0.2, 0) is 10.0 Å². The van der Waals surface area contributed by atoms with Crippen LogP contribution in [-0.4, -0.2) is 18.3 Å². The molecule has 1 N–H and O–H groups in total. The van der Waals surface area contributed by atoms with E-state index in [1.54, 1.807) is 0 Å². The molecule has 0 saturated heterocycles. The Hall–Kier alpha value is -2.66. The Morgan fingerprint density at radius 1 is 0.793 bits per heavy atom. The van der Waals surface area contributed by atoms with Crippen molar-refractivity contribution < 1.29 is 18.3 Å². The third-order valence-corrected chi connectivity index (χ3v) is 6.43. The number of fused-ring (bicyclic) bond motifs is 1. The highest BCUT2D eigenvalue weighted by atomic mass is 35.5. The lowest BCUT2D eigenvalue weighted by Gasteiger charge is -2.13. The maximum atomic E-state index is 12.9. The number of rotatable bonds is 5. The monoisotopic (exact) mass is 475 g/mol. The number of benzene rings is 3. The summed E-state index contributed by atoms with van der Waals surface area (Å²) in [7, 11) is -4.46. The van der Waals surface area contributed by atoms with Crippen LogP contribution in [0.1, 0.15) is 0 Å². The molecular weight excluding hydrogens is 469 g/mol. The molecule has 0 fully saturated rings. The molecule has 0 radical (unpaired) electrons. The Balaban J connectivity index is 2.29. The highest BCUT2D eigenvalue weighted by molar-refractivity contribution is 7.92. The Kier molecular flexibility index (Phi) is 5.54. The van der Waals surface area contributed by atoms with Crippen molar-refractivity contribution in [1.29, 1.82) is 0 Å². The lowest BCUT2D eigenvalue weighted by Crippen LogP contribution is -2.15. The zero-order chi connectivity index (χ0) is 21.5. The summed E-state index contributed by atoms with van der Waals surface area (Å²) in [6, 6.07) is 8.41. The zero-order valence-electron chi connectivity index (χ0n) is 13.9. The molecule has 3 aromatic rings. The molecule has 0 aromatic heterocycles. The van der Waals surface area contributed by atoms with E-state index in [0.29, 0.717) is 6.07 Å². The van der Waals surface area contributed by atoms with Gasteiger partial charge in [0, 0.05) is 5.39 Å². The van der Waals surface area contributed by atoms with Crippen LogP contribution in [0.3, 0.4) is 0 Å². The first-order chi connectivity index (χ1) is 13.5. The Labute approximate surface area is 178 Å². The van der Waals surface area contributed by atoms with Crippen LogP contribution in [0.5, 0.6) is 0 Å². The Morgan fingerprint density at radius 2 is 1.34 bits per heavy atom. The van der Waals surface area contributed by atoms with Crippen molar-refractivity contribution >= 4 is 72.7 Å². The van der Waals surface area contributed by atoms with Crippen LogP contribution in [0.15, 0.2) is 47.4 Å². The summed E-state index contributed by atoms with van der Waals surface area (Å²) in [5.74, 6) is 0. The molecule has 150 valence electrons. The van der Waals surface area contributed by atoms with Gasteiger partial charge < -0.3 is 0 Å². The standard InChI is InChI=1S/C16H8Cl3N3O6S/c17-10-5-12(19)15(6-11(10)18)29(27,28)20-16-9-4-2-1-3-8(9)13(21(23)24)7-14(16)22(25)26/h1-7,20H. The minimum Gasteiger partial charge on any atom is -0.272 e. The maximum absolute atomic E-state index is 12.9. The number of non-ortho nitro benzene ring substituents is 1. The molecule has 9 nitrogen and oxygen atoms in total. The molecule has 0 aliphatic carbocycles. The average Bonchev–Trinajstić information content (AvgIpc) is 2.64. The lowest BCUT2D eigenvalue weighted by molar-refractivity contribution is -0.392. The third-order valence-electron chi connectivity index (χ3n) is 3.90. The summed E-state index contributed by atoms with van der Waals surface area (Å²) in [4.78, 5) is 20.7. The van der Waals surface area contributed by atoms with Gasteiger partial charge in [-0.15, -0.1) is 0 Å². The molecule has 0 spiro atoms. The fraction of sp³-hybridized carbons (Fsp3) is 0. The molecule has 0 bridgehead atoms. The molecule has 0 amide bonds. The van der Waals surface area contributed by atoms with Crippen LogP contribution < -0.4 is 4.72 Å². The predicted molar refractivity (Wildman–Crippen MR) is 110 cm³/mol. The average molecular weight is 477 g/mol. The van der Waals surface area contributed by atoms with Gasteiger partial charge >= 0.3 is 5.69 Å². The van der Waals surface area contributed by atoms with E-state index in [9.17, 15) is 28.6 Å². The highest BCUT2D eigenvalue weighted by Crippen LogP contribution is 2.41.